The molecule has 0 aliphatic rings. The highest BCUT2D eigenvalue weighted by Gasteiger charge is 2.10. The first-order valence-electron chi connectivity index (χ1n) is 4.29. The van der Waals surface area contributed by atoms with Crippen molar-refractivity contribution in [2.75, 3.05) is 14.1 Å². The van der Waals surface area contributed by atoms with Gasteiger partial charge in [-0.05, 0) is 0 Å². The van der Waals surface area contributed by atoms with E-state index in [1.54, 1.807) is 26.0 Å². The summed E-state index contributed by atoms with van der Waals surface area (Å²) in [4.78, 5) is 27.9. The number of nitrogens with zero attached hydrogens (tertiary/aromatic N) is 4. The number of rotatable bonds is 2. The van der Waals surface area contributed by atoms with Gasteiger partial charge in [0.15, 0.2) is 5.69 Å². The molecule has 1 aromatic rings. The molecule has 0 radical (unpaired) electrons. The van der Waals surface area contributed by atoms with Crippen LogP contribution in [-0.2, 0) is 7.05 Å². The van der Waals surface area contributed by atoms with E-state index in [2.05, 4.69) is 10.1 Å². The van der Waals surface area contributed by atoms with Gasteiger partial charge in [-0.1, -0.05) is 0 Å². The Labute approximate surface area is 86.9 Å². The molecule has 0 atom stereocenters. The Balaban J connectivity index is 3.01. The molecule has 0 saturated heterocycles. The predicted octanol–water partition coefficient (Wildman–Crippen LogP) is -0.490. The molecule has 0 bridgehead atoms. The minimum absolute atomic E-state index is 0.168. The molecule has 0 aliphatic carbocycles. The van der Waals surface area contributed by atoms with Crippen molar-refractivity contribution in [3.63, 3.8) is 0 Å². The van der Waals surface area contributed by atoms with Crippen molar-refractivity contribution in [3.8, 4) is 0 Å². The molecule has 0 spiro atoms. The molecule has 1 heterocycles. The van der Waals surface area contributed by atoms with Gasteiger partial charge >= 0.3 is 5.91 Å². The van der Waals surface area contributed by atoms with E-state index in [4.69, 9.17) is 0 Å². The smallest absolute Gasteiger partial charge is 0.302 e. The molecule has 1 aromatic heterocycles. The van der Waals surface area contributed by atoms with Gasteiger partial charge < -0.3 is 4.90 Å². The van der Waals surface area contributed by atoms with Gasteiger partial charge in [0.05, 0.1) is 6.34 Å². The van der Waals surface area contributed by atoms with Crippen molar-refractivity contribution in [1.82, 2.24) is 14.7 Å². The molecule has 0 aliphatic heterocycles. The third-order valence-corrected chi connectivity index (χ3v) is 1.54. The summed E-state index contributed by atoms with van der Waals surface area (Å²) < 4.78 is 1.39. The summed E-state index contributed by atoms with van der Waals surface area (Å²) in [6, 6.07) is 1.28. The summed E-state index contributed by atoms with van der Waals surface area (Å²) in [6.07, 6.45) is 2.81. The summed E-state index contributed by atoms with van der Waals surface area (Å²) >= 11 is 0. The molecular weight excluding hydrogens is 196 g/mol. The van der Waals surface area contributed by atoms with Crippen molar-refractivity contribution in [2.45, 2.75) is 0 Å². The number of hydrogen-bond donors (Lipinski definition) is 0. The number of carbonyl (C=O) groups excluding carboxylic acids is 1. The van der Waals surface area contributed by atoms with Crippen LogP contribution in [0.5, 0.6) is 0 Å². The Morgan fingerprint density at radius 3 is 2.87 bits per heavy atom. The van der Waals surface area contributed by atoms with E-state index >= 15 is 0 Å². The van der Waals surface area contributed by atoms with Gasteiger partial charge in [0.1, 0.15) is 0 Å². The summed E-state index contributed by atoms with van der Waals surface area (Å²) in [5.74, 6) is -0.634. The molecule has 0 saturated carbocycles. The Morgan fingerprint density at radius 2 is 2.27 bits per heavy atom. The zero-order valence-corrected chi connectivity index (χ0v) is 8.84. The van der Waals surface area contributed by atoms with Crippen LogP contribution in [-0.4, -0.2) is 41.0 Å². The standard InChI is InChI=1S/C9H12N4O2/c1-12(2)6-10-9(15)8-7(14)4-5-13(3)11-8/h4-6H,1-3H3. The quantitative estimate of drug-likeness (QED) is 0.486. The molecule has 6 nitrogen and oxygen atoms in total. The largest absolute Gasteiger partial charge is 0.369 e. The van der Waals surface area contributed by atoms with Gasteiger partial charge in [-0.3, -0.25) is 14.3 Å². The molecule has 80 valence electrons. The van der Waals surface area contributed by atoms with Crippen molar-refractivity contribution < 1.29 is 4.79 Å². The van der Waals surface area contributed by atoms with Gasteiger partial charge in [0, 0.05) is 33.4 Å². The normalized spacial score (nSPS) is 10.6. The first-order chi connectivity index (χ1) is 7.00. The van der Waals surface area contributed by atoms with Crippen LogP contribution in [0.1, 0.15) is 10.5 Å². The van der Waals surface area contributed by atoms with E-state index < -0.39 is 11.3 Å². The molecule has 15 heavy (non-hydrogen) atoms. The summed E-state index contributed by atoms with van der Waals surface area (Å²) in [7, 11) is 5.09. The molecule has 6 heteroatoms. The number of aryl methyl sites for hydroxylation is 1. The average Bonchev–Trinajstić information content (AvgIpc) is 2.18. The van der Waals surface area contributed by atoms with E-state index in [1.165, 1.54) is 23.3 Å². The second kappa shape index (κ2) is 4.50. The van der Waals surface area contributed by atoms with Crippen LogP contribution in [0.2, 0.25) is 0 Å². The van der Waals surface area contributed by atoms with E-state index in [9.17, 15) is 9.59 Å². The second-order valence-electron chi connectivity index (χ2n) is 3.22. The van der Waals surface area contributed by atoms with Crippen LogP contribution in [0.15, 0.2) is 22.1 Å². The lowest BCUT2D eigenvalue weighted by Gasteiger charge is -2.01. The summed E-state index contributed by atoms with van der Waals surface area (Å²) in [6.45, 7) is 0. The van der Waals surface area contributed by atoms with Gasteiger partial charge in [-0.15, -0.1) is 0 Å². The molecule has 1 rings (SSSR count). The van der Waals surface area contributed by atoms with Crippen LogP contribution >= 0.6 is 0 Å². The Hall–Kier alpha value is -1.98. The van der Waals surface area contributed by atoms with Gasteiger partial charge in [0.25, 0.3) is 0 Å². The van der Waals surface area contributed by atoms with E-state index in [-0.39, 0.29) is 5.69 Å². The predicted molar refractivity (Wildman–Crippen MR) is 56.0 cm³/mol. The molecule has 0 fully saturated rings. The molecule has 0 aromatic carbocycles. The van der Waals surface area contributed by atoms with Gasteiger partial charge in [0.2, 0.25) is 5.43 Å². The summed E-state index contributed by atoms with van der Waals surface area (Å²) in [5.41, 5.74) is -0.591. The van der Waals surface area contributed by atoms with Crippen LogP contribution in [0.4, 0.5) is 0 Å². The topological polar surface area (TPSA) is 67.6 Å². The number of aromatic nitrogens is 2. The highest BCUT2D eigenvalue weighted by atomic mass is 16.2. The van der Waals surface area contributed by atoms with E-state index in [0.717, 1.165) is 0 Å². The SMILES string of the molecule is CN(C)C=NC(=O)c1nn(C)ccc1=O. The van der Waals surface area contributed by atoms with Crippen LogP contribution < -0.4 is 5.43 Å². The first-order valence-corrected chi connectivity index (χ1v) is 4.29. The number of hydrogen-bond acceptors (Lipinski definition) is 3. The minimum Gasteiger partial charge on any atom is -0.369 e. The number of aliphatic imine (C=N–C) groups is 1. The lowest BCUT2D eigenvalue weighted by atomic mass is 10.3. The van der Waals surface area contributed by atoms with E-state index in [0.29, 0.717) is 0 Å². The maximum absolute atomic E-state index is 11.4. The molecule has 1 amide bonds. The van der Waals surface area contributed by atoms with Gasteiger partial charge in [-0.2, -0.15) is 10.1 Å². The molecule has 0 unspecified atom stereocenters. The van der Waals surface area contributed by atoms with Crippen LogP contribution in [0.3, 0.4) is 0 Å². The van der Waals surface area contributed by atoms with Crippen molar-refractivity contribution in [2.24, 2.45) is 12.0 Å². The zero-order valence-electron chi connectivity index (χ0n) is 8.84. The second-order valence-corrected chi connectivity index (χ2v) is 3.22. The fourth-order valence-electron chi connectivity index (χ4n) is 0.872. The van der Waals surface area contributed by atoms with Crippen molar-refractivity contribution in [3.05, 3.63) is 28.2 Å². The Bertz CT molecular complexity index is 448. The minimum atomic E-state index is -0.634. The third-order valence-electron chi connectivity index (χ3n) is 1.54. The number of carbonyl (C=O) groups is 1. The number of amides is 1. The lowest BCUT2D eigenvalue weighted by molar-refractivity contribution is 0.0994. The summed E-state index contributed by atoms with van der Waals surface area (Å²) in [5, 5.41) is 3.77. The Morgan fingerprint density at radius 1 is 1.60 bits per heavy atom. The van der Waals surface area contributed by atoms with Gasteiger partial charge in [-0.25, -0.2) is 0 Å². The lowest BCUT2D eigenvalue weighted by Crippen LogP contribution is -2.20. The highest BCUT2D eigenvalue weighted by molar-refractivity contribution is 5.96. The maximum atomic E-state index is 11.4. The average molecular weight is 208 g/mol. The fourth-order valence-corrected chi connectivity index (χ4v) is 0.872. The van der Waals surface area contributed by atoms with Crippen LogP contribution in [0, 0.1) is 0 Å². The van der Waals surface area contributed by atoms with Crippen molar-refractivity contribution in [1.29, 1.82) is 0 Å². The first kappa shape index (κ1) is 11.1. The molecular formula is C9H12N4O2. The zero-order chi connectivity index (χ0) is 11.4. The highest BCUT2D eigenvalue weighted by Crippen LogP contribution is 1.88. The van der Waals surface area contributed by atoms with Crippen LogP contribution in [0.25, 0.3) is 0 Å². The molecule has 0 N–H and O–H groups in total. The maximum Gasteiger partial charge on any atom is 0.302 e. The third kappa shape index (κ3) is 3.01. The Kier molecular flexibility index (Phi) is 3.33. The van der Waals surface area contributed by atoms with Crippen molar-refractivity contribution >= 4 is 12.2 Å². The van der Waals surface area contributed by atoms with E-state index in [1.807, 2.05) is 0 Å². The monoisotopic (exact) mass is 208 g/mol. The fraction of sp³-hybridized carbons (Fsp3) is 0.333.